The van der Waals surface area contributed by atoms with Gasteiger partial charge in [0.05, 0.1) is 12.6 Å². The number of rotatable bonds is 4. The Hall–Kier alpha value is -1.17. The maximum absolute atomic E-state index is 13.4. The van der Waals surface area contributed by atoms with Crippen LogP contribution in [0.1, 0.15) is 31.0 Å². The highest BCUT2D eigenvalue weighted by Gasteiger charge is 2.24. The first-order valence-electron chi connectivity index (χ1n) is 5.83. The maximum Gasteiger partial charge on any atom is 0.251 e. The van der Waals surface area contributed by atoms with Crippen molar-refractivity contribution in [3.63, 3.8) is 0 Å². The molecule has 0 bridgehead atoms. The topological polar surface area (TPSA) is 60.8 Å². The van der Waals surface area contributed by atoms with Gasteiger partial charge in [-0.05, 0) is 31.5 Å². The van der Waals surface area contributed by atoms with Crippen LogP contribution in [0.3, 0.4) is 0 Å². The second kappa shape index (κ2) is 6.32. The van der Waals surface area contributed by atoms with Crippen molar-refractivity contribution in [3.8, 4) is 0 Å². The third kappa shape index (κ3) is 3.43. The number of nitrogens with zero attached hydrogens (tertiary/aromatic N) is 1. The minimum absolute atomic E-state index is 0.113. The van der Waals surface area contributed by atoms with Gasteiger partial charge in [-0.3, -0.25) is 4.79 Å². The zero-order chi connectivity index (χ0) is 14.7. The molecule has 0 saturated heterocycles. The third-order valence-corrected chi connectivity index (χ3v) is 3.43. The second-order valence-corrected chi connectivity index (χ2v) is 4.82. The zero-order valence-corrected chi connectivity index (χ0v) is 11.8. The SMILES string of the molecule is CC(O)C(=O)N(C)C(C)c1cc(F)cc(Cl)c1CO. The quantitative estimate of drug-likeness (QED) is 0.889. The molecular weight excluding hydrogens is 273 g/mol. The first-order chi connectivity index (χ1) is 8.79. The number of halogens is 2. The summed E-state index contributed by atoms with van der Waals surface area (Å²) in [6.45, 7) is 2.68. The maximum atomic E-state index is 13.4. The van der Waals surface area contributed by atoms with Gasteiger partial charge in [0.15, 0.2) is 0 Å². The first-order valence-corrected chi connectivity index (χ1v) is 6.20. The monoisotopic (exact) mass is 289 g/mol. The van der Waals surface area contributed by atoms with Crippen LogP contribution < -0.4 is 0 Å². The number of carbonyl (C=O) groups excluding carboxylic acids is 1. The fraction of sp³-hybridized carbons (Fsp3) is 0.462. The molecule has 6 heteroatoms. The molecule has 2 atom stereocenters. The molecule has 0 aliphatic heterocycles. The van der Waals surface area contributed by atoms with Gasteiger partial charge in [0.25, 0.3) is 5.91 Å². The standard InChI is InChI=1S/C13H17ClFNO3/c1-7(16(3)13(19)8(2)18)10-4-9(15)5-12(14)11(10)6-17/h4-5,7-8,17-18H,6H2,1-3H3. The highest BCUT2D eigenvalue weighted by Crippen LogP contribution is 2.29. The number of hydrogen-bond acceptors (Lipinski definition) is 3. The molecule has 0 aromatic heterocycles. The van der Waals surface area contributed by atoms with Gasteiger partial charge in [-0.1, -0.05) is 11.6 Å². The molecule has 1 rings (SSSR count). The van der Waals surface area contributed by atoms with Crippen molar-refractivity contribution < 1.29 is 19.4 Å². The predicted octanol–water partition coefficient (Wildman–Crippen LogP) is 1.87. The number of carbonyl (C=O) groups is 1. The van der Waals surface area contributed by atoms with Crippen molar-refractivity contribution >= 4 is 17.5 Å². The number of benzene rings is 1. The van der Waals surface area contributed by atoms with Gasteiger partial charge in [-0.25, -0.2) is 4.39 Å². The molecule has 4 nitrogen and oxygen atoms in total. The van der Waals surface area contributed by atoms with Gasteiger partial charge in [0, 0.05) is 17.6 Å². The summed E-state index contributed by atoms with van der Waals surface area (Å²) in [5.41, 5.74) is 0.796. The Kier molecular flexibility index (Phi) is 5.29. The van der Waals surface area contributed by atoms with E-state index in [9.17, 15) is 19.4 Å². The van der Waals surface area contributed by atoms with Crippen molar-refractivity contribution in [3.05, 3.63) is 34.1 Å². The van der Waals surface area contributed by atoms with Crippen LogP contribution in [0.2, 0.25) is 5.02 Å². The molecule has 0 aliphatic rings. The van der Waals surface area contributed by atoms with E-state index in [0.717, 1.165) is 6.07 Å². The summed E-state index contributed by atoms with van der Waals surface area (Å²) >= 11 is 5.87. The molecule has 1 aromatic rings. The van der Waals surface area contributed by atoms with E-state index >= 15 is 0 Å². The molecule has 106 valence electrons. The molecule has 1 amide bonds. The van der Waals surface area contributed by atoms with Gasteiger partial charge in [0.2, 0.25) is 0 Å². The van der Waals surface area contributed by atoms with E-state index in [1.807, 2.05) is 0 Å². The largest absolute Gasteiger partial charge is 0.392 e. The molecule has 0 aliphatic carbocycles. The summed E-state index contributed by atoms with van der Waals surface area (Å²) in [7, 11) is 1.50. The summed E-state index contributed by atoms with van der Waals surface area (Å²) in [6.07, 6.45) is -1.14. The van der Waals surface area contributed by atoms with E-state index in [1.165, 1.54) is 24.9 Å². The van der Waals surface area contributed by atoms with Crippen LogP contribution in [-0.4, -0.2) is 34.2 Å². The molecule has 0 saturated carbocycles. The zero-order valence-electron chi connectivity index (χ0n) is 11.0. The van der Waals surface area contributed by atoms with E-state index in [4.69, 9.17) is 11.6 Å². The van der Waals surface area contributed by atoms with Crippen molar-refractivity contribution in [1.82, 2.24) is 4.90 Å². The van der Waals surface area contributed by atoms with Gasteiger partial charge in [-0.2, -0.15) is 0 Å². The average Bonchev–Trinajstić information content (AvgIpc) is 2.35. The van der Waals surface area contributed by atoms with Crippen LogP contribution in [-0.2, 0) is 11.4 Å². The molecule has 0 fully saturated rings. The average molecular weight is 290 g/mol. The molecule has 2 unspecified atom stereocenters. The Bertz CT molecular complexity index is 479. The van der Waals surface area contributed by atoms with E-state index in [0.29, 0.717) is 11.1 Å². The van der Waals surface area contributed by atoms with Gasteiger partial charge >= 0.3 is 0 Å². The number of aliphatic hydroxyl groups excluding tert-OH is 2. The summed E-state index contributed by atoms with van der Waals surface area (Å²) in [5, 5.41) is 18.7. The summed E-state index contributed by atoms with van der Waals surface area (Å²) in [5.74, 6) is -1.03. The molecule has 1 aromatic carbocycles. The van der Waals surface area contributed by atoms with Crippen molar-refractivity contribution in [1.29, 1.82) is 0 Å². The van der Waals surface area contributed by atoms with E-state index in [1.54, 1.807) is 6.92 Å². The molecule has 0 radical (unpaired) electrons. The number of amides is 1. The third-order valence-electron chi connectivity index (χ3n) is 3.09. The fourth-order valence-electron chi connectivity index (χ4n) is 1.86. The molecule has 19 heavy (non-hydrogen) atoms. The molecule has 0 heterocycles. The van der Waals surface area contributed by atoms with Crippen LogP contribution in [0.25, 0.3) is 0 Å². The Balaban J connectivity index is 3.18. The van der Waals surface area contributed by atoms with Crippen molar-refractivity contribution in [2.75, 3.05) is 7.05 Å². The minimum Gasteiger partial charge on any atom is -0.392 e. The lowest BCUT2D eigenvalue weighted by molar-refractivity contribution is -0.139. The van der Waals surface area contributed by atoms with Gasteiger partial charge < -0.3 is 15.1 Å². The van der Waals surface area contributed by atoms with Gasteiger partial charge in [0.1, 0.15) is 11.9 Å². The molecular formula is C13H17ClFNO3. The van der Waals surface area contributed by atoms with Crippen molar-refractivity contribution in [2.45, 2.75) is 32.6 Å². The summed E-state index contributed by atoms with van der Waals surface area (Å²) < 4.78 is 13.4. The van der Waals surface area contributed by atoms with E-state index < -0.39 is 23.9 Å². The van der Waals surface area contributed by atoms with Crippen LogP contribution in [0.15, 0.2) is 12.1 Å². The van der Waals surface area contributed by atoms with Crippen LogP contribution in [0.4, 0.5) is 4.39 Å². The second-order valence-electron chi connectivity index (χ2n) is 4.41. The fourth-order valence-corrected chi connectivity index (χ4v) is 2.13. The lowest BCUT2D eigenvalue weighted by Gasteiger charge is -2.28. The van der Waals surface area contributed by atoms with Gasteiger partial charge in [-0.15, -0.1) is 0 Å². The van der Waals surface area contributed by atoms with Crippen LogP contribution in [0.5, 0.6) is 0 Å². The minimum atomic E-state index is -1.14. The Morgan fingerprint density at radius 2 is 2.05 bits per heavy atom. The smallest absolute Gasteiger partial charge is 0.251 e. The Morgan fingerprint density at radius 3 is 2.53 bits per heavy atom. The Labute approximate surface area is 116 Å². The normalized spacial score (nSPS) is 14.1. The van der Waals surface area contributed by atoms with E-state index in [2.05, 4.69) is 0 Å². The first kappa shape index (κ1) is 15.9. The summed E-state index contributed by atoms with van der Waals surface area (Å²) in [6, 6.07) is 1.82. The lowest BCUT2D eigenvalue weighted by Crippen LogP contribution is -2.36. The summed E-state index contributed by atoms with van der Waals surface area (Å²) in [4.78, 5) is 13.0. The number of likely N-dealkylation sites (N-methyl/N-ethyl adjacent to an activating group) is 1. The van der Waals surface area contributed by atoms with Crippen LogP contribution >= 0.6 is 11.6 Å². The molecule has 0 spiro atoms. The predicted molar refractivity (Wildman–Crippen MR) is 70.2 cm³/mol. The number of hydrogen-bond donors (Lipinski definition) is 2. The lowest BCUT2D eigenvalue weighted by atomic mass is 10.00. The highest BCUT2D eigenvalue weighted by molar-refractivity contribution is 6.31. The van der Waals surface area contributed by atoms with Crippen LogP contribution in [0, 0.1) is 5.82 Å². The highest BCUT2D eigenvalue weighted by atomic mass is 35.5. The van der Waals surface area contributed by atoms with Crippen molar-refractivity contribution in [2.24, 2.45) is 0 Å². The number of aliphatic hydroxyl groups is 2. The Morgan fingerprint density at radius 1 is 1.47 bits per heavy atom. The van der Waals surface area contributed by atoms with E-state index in [-0.39, 0.29) is 11.6 Å². The molecule has 2 N–H and O–H groups in total.